The molecule has 3 aliphatic rings. The van der Waals surface area contributed by atoms with Crippen molar-refractivity contribution in [3.63, 3.8) is 0 Å². The normalized spacial score (nSPS) is 23.8. The van der Waals surface area contributed by atoms with E-state index in [4.69, 9.17) is 14.6 Å². The molecule has 2 aromatic carbocycles. The molecule has 4 atom stereocenters. The van der Waals surface area contributed by atoms with E-state index in [9.17, 15) is 19.5 Å². The minimum Gasteiger partial charge on any atom is -0.508 e. The first-order valence-electron chi connectivity index (χ1n) is 14.8. The van der Waals surface area contributed by atoms with Gasteiger partial charge in [0.25, 0.3) is 0 Å². The number of unbranched alkanes of at least 4 members (excludes halogenated alkanes) is 2. The molecule has 0 radical (unpaired) electrons. The largest absolute Gasteiger partial charge is 0.508 e. The first kappa shape index (κ1) is 29.7. The number of amides is 2. The number of rotatable bonds is 13. The van der Waals surface area contributed by atoms with Crippen LogP contribution >= 0.6 is 0 Å². The maximum absolute atomic E-state index is 13.6. The maximum atomic E-state index is 13.6. The predicted octanol–water partition coefficient (Wildman–Crippen LogP) is 5.32. The molecule has 5 rings (SSSR count). The third-order valence-electron chi connectivity index (χ3n) is 8.72. The highest BCUT2D eigenvalue weighted by Crippen LogP contribution is 2.50. The zero-order valence-corrected chi connectivity index (χ0v) is 24.0. The Morgan fingerprint density at radius 3 is 2.57 bits per heavy atom. The van der Waals surface area contributed by atoms with Crippen LogP contribution in [-0.2, 0) is 23.9 Å². The van der Waals surface area contributed by atoms with E-state index in [-0.39, 0.29) is 36.0 Å². The van der Waals surface area contributed by atoms with Gasteiger partial charge in [0.05, 0.1) is 31.2 Å². The number of methoxy groups -OCH3 is 1. The van der Waals surface area contributed by atoms with Crippen molar-refractivity contribution in [3.05, 3.63) is 76.9 Å². The smallest absolute Gasteiger partial charge is 0.303 e. The number of benzene rings is 2. The minimum absolute atomic E-state index is 0.0938. The summed E-state index contributed by atoms with van der Waals surface area (Å²) in [6.07, 6.45) is 5.74. The number of hydrogen-bond acceptors (Lipinski definition) is 6. The molecular weight excluding hydrogens is 534 g/mol. The van der Waals surface area contributed by atoms with Crippen LogP contribution in [0.3, 0.4) is 0 Å². The predicted molar refractivity (Wildman–Crippen MR) is 158 cm³/mol. The Morgan fingerprint density at radius 1 is 1.02 bits per heavy atom. The van der Waals surface area contributed by atoms with E-state index < -0.39 is 17.8 Å². The van der Waals surface area contributed by atoms with Gasteiger partial charge >= 0.3 is 5.97 Å². The summed E-state index contributed by atoms with van der Waals surface area (Å²) in [5, 5.41) is 18.9. The molecule has 2 saturated heterocycles. The number of likely N-dealkylation sites (tertiary alicyclic amines) is 1. The highest BCUT2D eigenvalue weighted by atomic mass is 16.5. The number of aliphatic carboxylic acids is 1. The van der Waals surface area contributed by atoms with E-state index in [2.05, 4.69) is 18.2 Å². The Bertz CT molecular complexity index is 1360. The van der Waals surface area contributed by atoms with Crippen molar-refractivity contribution in [2.75, 3.05) is 26.9 Å². The molecule has 222 valence electrons. The highest BCUT2D eigenvalue weighted by Gasteiger charge is 2.56. The average molecular weight is 574 g/mol. The monoisotopic (exact) mass is 573 g/mol. The molecule has 0 bridgehead atoms. The van der Waals surface area contributed by atoms with Gasteiger partial charge in [0.15, 0.2) is 0 Å². The fourth-order valence-corrected chi connectivity index (χ4v) is 6.84. The Hall–Kier alpha value is -3.75. The van der Waals surface area contributed by atoms with Crippen molar-refractivity contribution in [1.82, 2.24) is 4.90 Å². The second-order valence-corrected chi connectivity index (χ2v) is 11.5. The van der Waals surface area contributed by atoms with E-state index >= 15 is 0 Å². The van der Waals surface area contributed by atoms with Crippen LogP contribution in [0.1, 0.15) is 56.1 Å². The first-order chi connectivity index (χ1) is 20.4. The zero-order valence-electron chi connectivity index (χ0n) is 24.0. The van der Waals surface area contributed by atoms with E-state index in [1.54, 1.807) is 19.2 Å². The molecule has 8 heteroatoms. The Morgan fingerprint density at radius 2 is 1.83 bits per heavy atom. The standard InChI is InChI=1S/C34H39NO7/c1-41-20-25-19-27-32(34(40)35(33(27)39)16-7-3-6-13-30(37)38)28-21-42-29(31(25)28)15-14-24(23-10-4-2-5-11-23)17-22-9-8-12-26(36)18-22/h2,4-5,8-12,17-18,27-29,32,36H,3,6-7,13-16,19-21H2,1H3,(H,37,38)/b24-17-/t27-,28+,29-,32-/m1/s1. The summed E-state index contributed by atoms with van der Waals surface area (Å²) in [5.74, 6) is -1.84. The maximum Gasteiger partial charge on any atom is 0.303 e. The van der Waals surface area contributed by atoms with E-state index in [1.807, 2.05) is 30.3 Å². The van der Waals surface area contributed by atoms with Crippen LogP contribution in [0.15, 0.2) is 65.7 Å². The second-order valence-electron chi connectivity index (χ2n) is 11.5. The number of carboxylic acids is 1. The van der Waals surface area contributed by atoms with Crippen molar-refractivity contribution in [2.45, 2.75) is 51.0 Å². The van der Waals surface area contributed by atoms with Gasteiger partial charge in [-0.05, 0) is 72.1 Å². The summed E-state index contributed by atoms with van der Waals surface area (Å²) < 4.78 is 11.9. The number of fused-ring (bicyclic) bond motifs is 3. The SMILES string of the molecule is COCC1=C2[C@@H](CC/C(=C/c3cccc(O)c3)c3ccccc3)OC[C@@H]2[C@@H]2C(=O)N(CCCCCC(=O)O)C(=O)[C@@H]2C1. The number of carbonyl (C=O) groups is 3. The third kappa shape index (κ3) is 6.50. The van der Waals surface area contributed by atoms with Crippen LogP contribution in [0.25, 0.3) is 11.6 Å². The molecule has 2 fully saturated rings. The lowest BCUT2D eigenvalue weighted by Crippen LogP contribution is -2.35. The van der Waals surface area contributed by atoms with Crippen LogP contribution in [0, 0.1) is 17.8 Å². The molecular formula is C34H39NO7. The van der Waals surface area contributed by atoms with E-state index in [0.717, 1.165) is 34.3 Å². The summed E-state index contributed by atoms with van der Waals surface area (Å²) in [6, 6.07) is 17.3. The minimum atomic E-state index is -0.833. The summed E-state index contributed by atoms with van der Waals surface area (Å²) in [7, 11) is 1.65. The van der Waals surface area contributed by atoms with Crippen molar-refractivity contribution in [2.24, 2.45) is 17.8 Å². The number of carboxylic acid groups (broad SMARTS) is 1. The van der Waals surface area contributed by atoms with Crippen LogP contribution in [0.4, 0.5) is 0 Å². The fraction of sp³-hybridized carbons (Fsp3) is 0.441. The fourth-order valence-electron chi connectivity index (χ4n) is 6.84. The molecule has 2 aromatic rings. The molecule has 2 heterocycles. The summed E-state index contributed by atoms with van der Waals surface area (Å²) in [5.41, 5.74) is 5.32. The summed E-state index contributed by atoms with van der Waals surface area (Å²) >= 11 is 0. The number of phenolic OH excluding ortho intramolecular Hbond substituents is 1. The number of phenols is 1. The van der Waals surface area contributed by atoms with Gasteiger partial charge in [-0.15, -0.1) is 0 Å². The van der Waals surface area contributed by atoms with Gasteiger partial charge in [-0.3, -0.25) is 19.3 Å². The Balaban J connectivity index is 1.33. The van der Waals surface area contributed by atoms with Crippen LogP contribution in [-0.4, -0.2) is 65.9 Å². The van der Waals surface area contributed by atoms with Crippen molar-refractivity contribution >= 4 is 29.4 Å². The topological polar surface area (TPSA) is 113 Å². The molecule has 42 heavy (non-hydrogen) atoms. The van der Waals surface area contributed by atoms with E-state index in [1.165, 1.54) is 4.90 Å². The lowest BCUT2D eigenvalue weighted by atomic mass is 9.69. The van der Waals surface area contributed by atoms with Gasteiger partial charge in [0, 0.05) is 26.0 Å². The number of imide groups is 1. The number of ether oxygens (including phenoxy) is 2. The lowest BCUT2D eigenvalue weighted by Gasteiger charge is -2.31. The number of hydrogen-bond donors (Lipinski definition) is 2. The van der Waals surface area contributed by atoms with Crippen molar-refractivity contribution in [3.8, 4) is 5.75 Å². The van der Waals surface area contributed by atoms with E-state index in [0.29, 0.717) is 51.9 Å². The molecule has 2 N–H and O–H groups in total. The number of carbonyl (C=O) groups excluding carboxylic acids is 2. The van der Waals surface area contributed by atoms with Gasteiger partial charge in [0.1, 0.15) is 5.75 Å². The van der Waals surface area contributed by atoms with Gasteiger partial charge in [-0.25, -0.2) is 0 Å². The summed E-state index contributed by atoms with van der Waals surface area (Å²) in [6.45, 7) is 1.13. The van der Waals surface area contributed by atoms with Crippen molar-refractivity contribution < 1.29 is 34.1 Å². The number of allylic oxidation sites excluding steroid dienone is 1. The Kier molecular flexibility index (Phi) is 9.55. The quantitative estimate of drug-likeness (QED) is 0.144. The molecule has 0 saturated carbocycles. The van der Waals surface area contributed by atoms with Crippen molar-refractivity contribution in [1.29, 1.82) is 0 Å². The molecule has 0 aromatic heterocycles. The Labute approximate surface area is 246 Å². The lowest BCUT2D eigenvalue weighted by molar-refractivity contribution is -0.141. The second kappa shape index (κ2) is 13.5. The van der Waals surface area contributed by atoms with Crippen LogP contribution in [0.2, 0.25) is 0 Å². The number of nitrogens with zero attached hydrogens (tertiary/aromatic N) is 1. The molecule has 2 aliphatic heterocycles. The highest BCUT2D eigenvalue weighted by molar-refractivity contribution is 6.06. The first-order valence-corrected chi connectivity index (χ1v) is 14.8. The van der Waals surface area contributed by atoms with Gasteiger partial charge in [-0.2, -0.15) is 0 Å². The van der Waals surface area contributed by atoms with Crippen LogP contribution < -0.4 is 0 Å². The molecule has 1 aliphatic carbocycles. The van der Waals surface area contributed by atoms with Gasteiger partial charge < -0.3 is 19.7 Å². The zero-order chi connectivity index (χ0) is 29.6. The molecule has 0 unspecified atom stereocenters. The average Bonchev–Trinajstić information content (AvgIpc) is 3.50. The van der Waals surface area contributed by atoms with Gasteiger partial charge in [0.2, 0.25) is 11.8 Å². The van der Waals surface area contributed by atoms with Gasteiger partial charge in [-0.1, -0.05) is 55.0 Å². The molecule has 8 nitrogen and oxygen atoms in total. The summed E-state index contributed by atoms with van der Waals surface area (Å²) in [4.78, 5) is 39.2. The molecule has 2 amide bonds. The molecule has 0 spiro atoms. The van der Waals surface area contributed by atoms with Crippen LogP contribution in [0.5, 0.6) is 5.75 Å². The number of aromatic hydroxyl groups is 1. The third-order valence-corrected chi connectivity index (χ3v) is 8.72.